The maximum atomic E-state index is 11.9. The molecule has 1 aromatic rings. The summed E-state index contributed by atoms with van der Waals surface area (Å²) in [6, 6.07) is 0. The molecule has 0 aliphatic rings. The van der Waals surface area contributed by atoms with E-state index in [9.17, 15) is 8.42 Å². The molecule has 0 aliphatic carbocycles. The van der Waals surface area contributed by atoms with E-state index in [0.29, 0.717) is 13.1 Å². The van der Waals surface area contributed by atoms with E-state index >= 15 is 0 Å². The van der Waals surface area contributed by atoms with Gasteiger partial charge in [0.15, 0.2) is 0 Å². The number of nitrogens with one attached hydrogen (secondary N) is 1. The van der Waals surface area contributed by atoms with Crippen molar-refractivity contribution in [1.29, 1.82) is 0 Å². The SMILES string of the molecule is CCN(CC)CCNS(=O)(=O)c1ncn(C)c1Cl. The maximum Gasteiger partial charge on any atom is 0.261 e. The second-order valence-electron chi connectivity index (χ2n) is 3.88. The Morgan fingerprint density at radius 1 is 1.44 bits per heavy atom. The number of sulfonamides is 1. The highest BCUT2D eigenvalue weighted by molar-refractivity contribution is 7.89. The quantitative estimate of drug-likeness (QED) is 0.804. The van der Waals surface area contributed by atoms with Crippen LogP contribution in [0.25, 0.3) is 0 Å². The minimum Gasteiger partial charge on any atom is -0.324 e. The van der Waals surface area contributed by atoms with E-state index in [1.165, 1.54) is 10.9 Å². The van der Waals surface area contributed by atoms with E-state index in [-0.39, 0.29) is 10.2 Å². The Bertz CT molecular complexity index is 482. The van der Waals surface area contributed by atoms with Gasteiger partial charge >= 0.3 is 0 Å². The largest absolute Gasteiger partial charge is 0.324 e. The van der Waals surface area contributed by atoms with Gasteiger partial charge in [-0.05, 0) is 13.1 Å². The molecule has 0 fully saturated rings. The lowest BCUT2D eigenvalue weighted by atomic mass is 10.5. The molecule has 0 amide bonds. The summed E-state index contributed by atoms with van der Waals surface area (Å²) in [5, 5.41) is -0.00319. The zero-order valence-electron chi connectivity index (χ0n) is 10.9. The summed E-state index contributed by atoms with van der Waals surface area (Å²) in [5.41, 5.74) is 0. The summed E-state index contributed by atoms with van der Waals surface area (Å²) in [4.78, 5) is 5.92. The van der Waals surface area contributed by atoms with E-state index in [1.54, 1.807) is 7.05 Å². The molecular formula is C10H19ClN4O2S. The molecule has 1 rings (SSSR count). The highest BCUT2D eigenvalue weighted by Crippen LogP contribution is 2.17. The minimum absolute atomic E-state index is 0.116. The lowest BCUT2D eigenvalue weighted by Gasteiger charge is -2.17. The molecule has 0 atom stereocenters. The van der Waals surface area contributed by atoms with Crippen LogP contribution in [0.3, 0.4) is 0 Å². The molecule has 1 N–H and O–H groups in total. The zero-order chi connectivity index (χ0) is 13.8. The molecule has 0 unspecified atom stereocenters. The van der Waals surface area contributed by atoms with Crippen LogP contribution in [-0.2, 0) is 17.1 Å². The topological polar surface area (TPSA) is 67.2 Å². The molecule has 18 heavy (non-hydrogen) atoms. The average molecular weight is 295 g/mol. The van der Waals surface area contributed by atoms with Crippen molar-refractivity contribution in [1.82, 2.24) is 19.2 Å². The molecule has 6 nitrogen and oxygen atoms in total. The van der Waals surface area contributed by atoms with Gasteiger partial charge in [-0.1, -0.05) is 25.4 Å². The number of aromatic nitrogens is 2. The van der Waals surface area contributed by atoms with Gasteiger partial charge in [-0.2, -0.15) is 0 Å². The van der Waals surface area contributed by atoms with Gasteiger partial charge in [0, 0.05) is 20.1 Å². The molecule has 104 valence electrons. The van der Waals surface area contributed by atoms with E-state index in [1.807, 2.05) is 13.8 Å². The summed E-state index contributed by atoms with van der Waals surface area (Å²) in [5.74, 6) is 0. The first-order valence-electron chi connectivity index (χ1n) is 5.81. The van der Waals surface area contributed by atoms with Crippen LogP contribution in [0.1, 0.15) is 13.8 Å². The maximum absolute atomic E-state index is 11.9. The van der Waals surface area contributed by atoms with Crippen LogP contribution in [0.2, 0.25) is 5.15 Å². The van der Waals surface area contributed by atoms with Crippen molar-refractivity contribution in [3.05, 3.63) is 11.5 Å². The van der Waals surface area contributed by atoms with Crippen LogP contribution in [0.15, 0.2) is 11.4 Å². The number of aryl methyl sites for hydroxylation is 1. The first kappa shape index (κ1) is 15.4. The van der Waals surface area contributed by atoms with Crippen molar-refractivity contribution in [3.63, 3.8) is 0 Å². The number of rotatable bonds is 7. The van der Waals surface area contributed by atoms with Crippen LogP contribution in [-0.4, -0.2) is 49.0 Å². The third-order valence-electron chi connectivity index (χ3n) is 2.70. The van der Waals surface area contributed by atoms with Crippen molar-refractivity contribution in [2.45, 2.75) is 18.9 Å². The number of imidazole rings is 1. The van der Waals surface area contributed by atoms with Crippen molar-refractivity contribution in [3.8, 4) is 0 Å². The smallest absolute Gasteiger partial charge is 0.261 e. The third kappa shape index (κ3) is 3.68. The van der Waals surface area contributed by atoms with Crippen LogP contribution < -0.4 is 4.72 Å². The lowest BCUT2D eigenvalue weighted by molar-refractivity contribution is 0.309. The molecular weight excluding hydrogens is 276 g/mol. The summed E-state index contributed by atoms with van der Waals surface area (Å²) < 4.78 is 27.8. The number of likely N-dealkylation sites (N-methyl/N-ethyl adjacent to an activating group) is 1. The number of hydrogen-bond acceptors (Lipinski definition) is 4. The third-order valence-corrected chi connectivity index (χ3v) is 4.65. The van der Waals surface area contributed by atoms with Crippen LogP contribution >= 0.6 is 11.6 Å². The van der Waals surface area contributed by atoms with Gasteiger partial charge in [0.05, 0.1) is 6.33 Å². The van der Waals surface area contributed by atoms with Crippen LogP contribution in [0, 0.1) is 0 Å². The average Bonchev–Trinajstić information content (AvgIpc) is 2.66. The van der Waals surface area contributed by atoms with Gasteiger partial charge < -0.3 is 9.47 Å². The number of halogens is 1. The fraction of sp³-hybridized carbons (Fsp3) is 0.700. The highest BCUT2D eigenvalue weighted by atomic mass is 35.5. The van der Waals surface area contributed by atoms with E-state index in [0.717, 1.165) is 13.1 Å². The van der Waals surface area contributed by atoms with Crippen LogP contribution in [0.5, 0.6) is 0 Å². The van der Waals surface area contributed by atoms with E-state index in [2.05, 4.69) is 14.6 Å². The first-order valence-corrected chi connectivity index (χ1v) is 7.67. The standard InChI is InChI=1S/C10H19ClN4O2S/c1-4-15(5-2)7-6-13-18(16,17)10-9(11)14(3)8-12-10/h8,13H,4-7H2,1-3H3. The van der Waals surface area contributed by atoms with Gasteiger partial charge in [-0.3, -0.25) is 0 Å². The molecule has 0 saturated carbocycles. The van der Waals surface area contributed by atoms with Gasteiger partial charge in [-0.25, -0.2) is 18.1 Å². The van der Waals surface area contributed by atoms with Gasteiger partial charge in [0.1, 0.15) is 5.15 Å². The van der Waals surface area contributed by atoms with Gasteiger partial charge in [-0.15, -0.1) is 0 Å². The van der Waals surface area contributed by atoms with Gasteiger partial charge in [0.2, 0.25) is 5.03 Å². The highest BCUT2D eigenvalue weighted by Gasteiger charge is 2.21. The molecule has 1 aromatic heterocycles. The van der Waals surface area contributed by atoms with Crippen molar-refractivity contribution in [2.24, 2.45) is 7.05 Å². The van der Waals surface area contributed by atoms with Crippen molar-refractivity contribution < 1.29 is 8.42 Å². The summed E-state index contributed by atoms with van der Waals surface area (Å²) in [7, 11) is -1.98. The molecule has 0 saturated heterocycles. The molecule has 0 radical (unpaired) electrons. The normalized spacial score (nSPS) is 12.3. The summed E-state index contributed by atoms with van der Waals surface area (Å²) in [6.07, 6.45) is 1.38. The second kappa shape index (κ2) is 6.51. The Balaban J connectivity index is 2.64. The molecule has 0 aliphatic heterocycles. The predicted molar refractivity (Wildman–Crippen MR) is 71.2 cm³/mol. The first-order chi connectivity index (χ1) is 8.42. The molecule has 1 heterocycles. The molecule has 0 bridgehead atoms. The van der Waals surface area contributed by atoms with Gasteiger partial charge in [0.25, 0.3) is 10.0 Å². The zero-order valence-corrected chi connectivity index (χ0v) is 12.4. The van der Waals surface area contributed by atoms with Crippen molar-refractivity contribution in [2.75, 3.05) is 26.2 Å². The fourth-order valence-electron chi connectivity index (χ4n) is 1.52. The Morgan fingerprint density at radius 2 is 2.06 bits per heavy atom. The lowest BCUT2D eigenvalue weighted by Crippen LogP contribution is -2.35. The van der Waals surface area contributed by atoms with Crippen LogP contribution in [0.4, 0.5) is 0 Å². The summed E-state index contributed by atoms with van der Waals surface area (Å²) in [6.45, 7) is 6.86. The fourth-order valence-corrected chi connectivity index (χ4v) is 2.97. The predicted octanol–water partition coefficient (Wildman–Crippen LogP) is 0.694. The minimum atomic E-state index is -3.62. The number of nitrogens with zero attached hydrogens (tertiary/aromatic N) is 3. The summed E-state index contributed by atoms with van der Waals surface area (Å²) >= 11 is 5.86. The Kier molecular flexibility index (Phi) is 5.58. The number of hydrogen-bond donors (Lipinski definition) is 1. The van der Waals surface area contributed by atoms with Crippen molar-refractivity contribution >= 4 is 21.6 Å². The molecule has 8 heteroatoms. The molecule has 0 spiro atoms. The Labute approximate surface area is 113 Å². The van der Waals surface area contributed by atoms with E-state index in [4.69, 9.17) is 11.6 Å². The Hall–Kier alpha value is -0.630. The molecule has 0 aromatic carbocycles. The van der Waals surface area contributed by atoms with E-state index < -0.39 is 10.0 Å². The second-order valence-corrected chi connectivity index (χ2v) is 5.92. The monoisotopic (exact) mass is 294 g/mol. The Morgan fingerprint density at radius 3 is 2.50 bits per heavy atom.